The Morgan fingerprint density at radius 3 is 2.63 bits per heavy atom. The minimum atomic E-state index is -0.724. The second kappa shape index (κ2) is 5.80. The predicted molar refractivity (Wildman–Crippen MR) is 72.7 cm³/mol. The summed E-state index contributed by atoms with van der Waals surface area (Å²) in [6, 6.07) is 5.44. The molecule has 19 heavy (non-hydrogen) atoms. The third-order valence-electron chi connectivity index (χ3n) is 3.81. The highest BCUT2D eigenvalue weighted by Gasteiger charge is 2.38. The molecule has 1 aliphatic rings. The Balaban J connectivity index is 2.33. The topological polar surface area (TPSA) is 47.9 Å². The number of hydrogen-bond donors (Lipinski definition) is 1. The van der Waals surface area contributed by atoms with Crippen molar-refractivity contribution in [2.24, 2.45) is 0 Å². The van der Waals surface area contributed by atoms with Crippen molar-refractivity contribution in [2.45, 2.75) is 37.9 Å². The summed E-state index contributed by atoms with van der Waals surface area (Å²) >= 11 is 0. The van der Waals surface area contributed by atoms with E-state index < -0.39 is 11.7 Å². The number of ether oxygens (including phenoxy) is 3. The quantitative estimate of drug-likeness (QED) is 0.910. The van der Waals surface area contributed by atoms with Crippen LogP contribution in [0.5, 0.6) is 11.5 Å². The van der Waals surface area contributed by atoms with E-state index in [0.29, 0.717) is 23.7 Å². The molecule has 1 heterocycles. The zero-order chi connectivity index (χ0) is 13.9. The molecule has 4 heteroatoms. The summed E-state index contributed by atoms with van der Waals surface area (Å²) in [5.41, 5.74) is 0.156. The number of hydrogen-bond acceptors (Lipinski definition) is 4. The van der Waals surface area contributed by atoms with Crippen molar-refractivity contribution in [2.75, 3.05) is 20.8 Å². The zero-order valence-electron chi connectivity index (χ0n) is 11.8. The van der Waals surface area contributed by atoms with Crippen molar-refractivity contribution in [3.8, 4) is 11.5 Å². The summed E-state index contributed by atoms with van der Waals surface area (Å²) in [6.45, 7) is 2.65. The SMILES string of the molecule is COc1ccc(OC)c(C(O)C2(C)CCCCO2)c1. The second-order valence-corrected chi connectivity index (χ2v) is 5.13. The van der Waals surface area contributed by atoms with Gasteiger partial charge >= 0.3 is 0 Å². The molecule has 1 aromatic rings. The normalized spacial score (nSPS) is 24.8. The summed E-state index contributed by atoms with van der Waals surface area (Å²) in [4.78, 5) is 0. The average molecular weight is 266 g/mol. The van der Waals surface area contributed by atoms with Gasteiger partial charge in [0.2, 0.25) is 0 Å². The highest BCUT2D eigenvalue weighted by molar-refractivity contribution is 5.42. The number of methoxy groups -OCH3 is 2. The standard InChI is InChI=1S/C15H22O4/c1-15(8-4-5-9-19-15)14(16)12-10-11(17-2)6-7-13(12)18-3/h6-7,10,14,16H,4-5,8-9H2,1-3H3. The van der Waals surface area contributed by atoms with Crippen molar-refractivity contribution >= 4 is 0 Å². The zero-order valence-corrected chi connectivity index (χ0v) is 11.8. The molecule has 0 saturated carbocycles. The molecule has 2 unspecified atom stereocenters. The first-order chi connectivity index (χ1) is 9.10. The molecule has 0 aliphatic carbocycles. The maximum Gasteiger partial charge on any atom is 0.125 e. The van der Waals surface area contributed by atoms with E-state index in [1.807, 2.05) is 25.1 Å². The molecule has 1 aliphatic heterocycles. The first-order valence-corrected chi connectivity index (χ1v) is 6.64. The Morgan fingerprint density at radius 1 is 1.26 bits per heavy atom. The van der Waals surface area contributed by atoms with Gasteiger partial charge in [-0.25, -0.2) is 0 Å². The van der Waals surface area contributed by atoms with Crippen LogP contribution in [-0.2, 0) is 4.74 Å². The van der Waals surface area contributed by atoms with Crippen molar-refractivity contribution in [1.29, 1.82) is 0 Å². The van der Waals surface area contributed by atoms with Gasteiger partial charge in [0, 0.05) is 12.2 Å². The molecule has 1 N–H and O–H groups in total. The van der Waals surface area contributed by atoms with Crippen LogP contribution in [0.3, 0.4) is 0 Å². The molecule has 106 valence electrons. The minimum absolute atomic E-state index is 0.558. The highest BCUT2D eigenvalue weighted by Crippen LogP contribution is 2.40. The fourth-order valence-electron chi connectivity index (χ4n) is 2.55. The van der Waals surface area contributed by atoms with Gasteiger partial charge < -0.3 is 19.3 Å². The summed E-state index contributed by atoms with van der Waals surface area (Å²) in [5.74, 6) is 1.36. The third kappa shape index (κ3) is 2.85. The first-order valence-electron chi connectivity index (χ1n) is 6.64. The lowest BCUT2D eigenvalue weighted by atomic mass is 9.86. The van der Waals surface area contributed by atoms with Gasteiger partial charge in [0.25, 0.3) is 0 Å². The lowest BCUT2D eigenvalue weighted by molar-refractivity contribution is -0.138. The van der Waals surface area contributed by atoms with E-state index in [-0.39, 0.29) is 0 Å². The van der Waals surface area contributed by atoms with E-state index in [1.165, 1.54) is 0 Å². The molecule has 4 nitrogen and oxygen atoms in total. The van der Waals surface area contributed by atoms with Crippen LogP contribution in [0, 0.1) is 0 Å². The Morgan fingerprint density at radius 2 is 2.05 bits per heavy atom. The van der Waals surface area contributed by atoms with Crippen LogP contribution in [0.25, 0.3) is 0 Å². The Labute approximate surface area is 114 Å². The van der Waals surface area contributed by atoms with Crippen LogP contribution >= 0.6 is 0 Å². The van der Waals surface area contributed by atoms with E-state index >= 15 is 0 Å². The smallest absolute Gasteiger partial charge is 0.125 e. The van der Waals surface area contributed by atoms with Gasteiger partial charge in [0.1, 0.15) is 17.6 Å². The maximum absolute atomic E-state index is 10.7. The fraction of sp³-hybridized carbons (Fsp3) is 0.600. The second-order valence-electron chi connectivity index (χ2n) is 5.13. The largest absolute Gasteiger partial charge is 0.497 e. The van der Waals surface area contributed by atoms with Crippen molar-refractivity contribution < 1.29 is 19.3 Å². The summed E-state index contributed by atoms with van der Waals surface area (Å²) in [5, 5.41) is 10.7. The monoisotopic (exact) mass is 266 g/mol. The lowest BCUT2D eigenvalue weighted by Crippen LogP contribution is -2.39. The number of rotatable bonds is 4. The van der Waals surface area contributed by atoms with E-state index in [1.54, 1.807) is 14.2 Å². The van der Waals surface area contributed by atoms with Gasteiger partial charge in [-0.05, 0) is 44.4 Å². The van der Waals surface area contributed by atoms with Crippen LogP contribution < -0.4 is 9.47 Å². The maximum atomic E-state index is 10.7. The summed E-state index contributed by atoms with van der Waals surface area (Å²) in [7, 11) is 3.21. The van der Waals surface area contributed by atoms with Gasteiger partial charge in [-0.1, -0.05) is 0 Å². The fourth-order valence-corrected chi connectivity index (χ4v) is 2.55. The number of aliphatic hydroxyl groups is 1. The van der Waals surface area contributed by atoms with Crippen LogP contribution in [0.4, 0.5) is 0 Å². The van der Waals surface area contributed by atoms with Gasteiger partial charge in [0.05, 0.1) is 19.8 Å². The van der Waals surface area contributed by atoms with Gasteiger partial charge in [0.15, 0.2) is 0 Å². The molecule has 1 fully saturated rings. The molecule has 1 saturated heterocycles. The molecule has 0 amide bonds. The predicted octanol–water partition coefficient (Wildman–Crippen LogP) is 2.70. The average Bonchev–Trinajstić information content (AvgIpc) is 2.46. The Bertz CT molecular complexity index is 424. The molecule has 0 aromatic heterocycles. The summed E-state index contributed by atoms with van der Waals surface area (Å²) < 4.78 is 16.4. The van der Waals surface area contributed by atoms with E-state index in [9.17, 15) is 5.11 Å². The molecule has 0 radical (unpaired) electrons. The molecule has 0 spiro atoms. The molecular weight excluding hydrogens is 244 g/mol. The van der Waals surface area contributed by atoms with Crippen LogP contribution in [0.15, 0.2) is 18.2 Å². The molecule has 2 rings (SSSR count). The van der Waals surface area contributed by atoms with Crippen molar-refractivity contribution in [1.82, 2.24) is 0 Å². The third-order valence-corrected chi connectivity index (χ3v) is 3.81. The van der Waals surface area contributed by atoms with Crippen LogP contribution in [-0.4, -0.2) is 31.5 Å². The molecular formula is C15H22O4. The van der Waals surface area contributed by atoms with Crippen LogP contribution in [0.2, 0.25) is 0 Å². The Hall–Kier alpha value is -1.26. The molecule has 2 atom stereocenters. The lowest BCUT2D eigenvalue weighted by Gasteiger charge is -2.38. The first kappa shape index (κ1) is 14.2. The number of benzene rings is 1. The van der Waals surface area contributed by atoms with E-state index in [0.717, 1.165) is 19.3 Å². The van der Waals surface area contributed by atoms with E-state index in [2.05, 4.69) is 0 Å². The van der Waals surface area contributed by atoms with Gasteiger partial charge in [-0.15, -0.1) is 0 Å². The van der Waals surface area contributed by atoms with Crippen molar-refractivity contribution in [3.05, 3.63) is 23.8 Å². The van der Waals surface area contributed by atoms with Crippen molar-refractivity contribution in [3.63, 3.8) is 0 Å². The summed E-state index contributed by atoms with van der Waals surface area (Å²) in [6.07, 6.45) is 2.24. The van der Waals surface area contributed by atoms with Crippen LogP contribution in [0.1, 0.15) is 37.9 Å². The molecule has 1 aromatic carbocycles. The van der Waals surface area contributed by atoms with E-state index in [4.69, 9.17) is 14.2 Å². The minimum Gasteiger partial charge on any atom is -0.497 e. The number of aliphatic hydroxyl groups excluding tert-OH is 1. The Kier molecular flexibility index (Phi) is 4.32. The van der Waals surface area contributed by atoms with Gasteiger partial charge in [-0.3, -0.25) is 0 Å². The van der Waals surface area contributed by atoms with Gasteiger partial charge in [-0.2, -0.15) is 0 Å². The molecule has 0 bridgehead atoms. The highest BCUT2D eigenvalue weighted by atomic mass is 16.5.